The van der Waals surface area contributed by atoms with Crippen LogP contribution in [0.5, 0.6) is 11.5 Å². The standard InChI is InChI=1S/C21H30O11/c1-3-4-10-5-6-11(12(7-10)28-2)30-21-19(27)17(25)16(24)14(32-21)9-29-20-18(26)15(23)13(8-22)31-20/h3,5-7,13-27H,1,4,8-9H2,2H3/t13-,14+,15-,16+,17-,18+,19+,20+,21+/m0/s1. The van der Waals surface area contributed by atoms with Crippen molar-refractivity contribution in [2.24, 2.45) is 0 Å². The molecule has 0 bridgehead atoms. The number of hydrogen-bond donors (Lipinski definition) is 6. The minimum absolute atomic E-state index is 0.246. The third kappa shape index (κ3) is 5.22. The van der Waals surface area contributed by atoms with Crippen LogP contribution in [-0.4, -0.2) is 106 Å². The van der Waals surface area contributed by atoms with Gasteiger partial charge in [-0.25, -0.2) is 0 Å². The van der Waals surface area contributed by atoms with Crippen LogP contribution in [-0.2, 0) is 20.6 Å². The number of ether oxygens (including phenoxy) is 5. The quantitative estimate of drug-likeness (QED) is 0.228. The second-order valence-electron chi connectivity index (χ2n) is 7.65. The summed E-state index contributed by atoms with van der Waals surface area (Å²) in [7, 11) is 1.45. The Labute approximate surface area is 185 Å². The lowest BCUT2D eigenvalue weighted by Crippen LogP contribution is -2.60. The molecule has 2 saturated heterocycles. The molecule has 32 heavy (non-hydrogen) atoms. The van der Waals surface area contributed by atoms with E-state index in [1.807, 2.05) is 0 Å². The Bertz CT molecular complexity index is 759. The lowest BCUT2D eigenvalue weighted by molar-refractivity contribution is -0.290. The van der Waals surface area contributed by atoms with E-state index in [1.54, 1.807) is 24.3 Å². The summed E-state index contributed by atoms with van der Waals surface area (Å²) < 4.78 is 27.2. The van der Waals surface area contributed by atoms with E-state index in [2.05, 4.69) is 6.58 Å². The minimum atomic E-state index is -1.61. The zero-order valence-electron chi connectivity index (χ0n) is 17.6. The normalized spacial score (nSPS) is 37.3. The van der Waals surface area contributed by atoms with Crippen molar-refractivity contribution in [2.45, 2.75) is 61.7 Å². The van der Waals surface area contributed by atoms with Gasteiger partial charge in [0, 0.05) is 0 Å². The molecule has 2 aliphatic heterocycles. The van der Waals surface area contributed by atoms with Crippen molar-refractivity contribution in [3.05, 3.63) is 36.4 Å². The number of benzene rings is 1. The van der Waals surface area contributed by atoms with Crippen LogP contribution in [0.4, 0.5) is 0 Å². The summed E-state index contributed by atoms with van der Waals surface area (Å²) in [4.78, 5) is 0. The van der Waals surface area contributed by atoms with Crippen LogP contribution in [0.25, 0.3) is 0 Å². The molecule has 0 radical (unpaired) electrons. The highest BCUT2D eigenvalue weighted by molar-refractivity contribution is 5.43. The molecule has 0 aliphatic carbocycles. The number of allylic oxidation sites excluding steroid dienone is 1. The van der Waals surface area contributed by atoms with Crippen LogP contribution in [0.1, 0.15) is 5.56 Å². The fraction of sp³-hybridized carbons (Fsp3) is 0.619. The van der Waals surface area contributed by atoms with Crippen molar-refractivity contribution in [1.29, 1.82) is 0 Å². The Morgan fingerprint density at radius 2 is 1.56 bits per heavy atom. The van der Waals surface area contributed by atoms with Crippen LogP contribution < -0.4 is 9.47 Å². The highest BCUT2D eigenvalue weighted by atomic mass is 16.7. The maximum Gasteiger partial charge on any atom is 0.229 e. The first-order chi connectivity index (χ1) is 15.3. The Morgan fingerprint density at radius 1 is 0.906 bits per heavy atom. The van der Waals surface area contributed by atoms with Crippen LogP contribution >= 0.6 is 0 Å². The second-order valence-corrected chi connectivity index (χ2v) is 7.65. The van der Waals surface area contributed by atoms with Gasteiger partial charge in [0.15, 0.2) is 17.8 Å². The fourth-order valence-electron chi connectivity index (χ4n) is 3.57. The lowest BCUT2D eigenvalue weighted by Gasteiger charge is -2.40. The first-order valence-corrected chi connectivity index (χ1v) is 10.2. The van der Waals surface area contributed by atoms with E-state index in [1.165, 1.54) is 7.11 Å². The minimum Gasteiger partial charge on any atom is -0.493 e. The van der Waals surface area contributed by atoms with Gasteiger partial charge in [0.25, 0.3) is 0 Å². The summed E-state index contributed by atoms with van der Waals surface area (Å²) in [5.74, 6) is 0.621. The van der Waals surface area contributed by atoms with Gasteiger partial charge in [0.1, 0.15) is 42.7 Å². The summed E-state index contributed by atoms with van der Waals surface area (Å²) in [5, 5.41) is 59.8. The molecule has 2 heterocycles. The summed E-state index contributed by atoms with van der Waals surface area (Å²) in [5.41, 5.74) is 0.925. The summed E-state index contributed by atoms with van der Waals surface area (Å²) in [6.45, 7) is 2.80. The molecule has 11 nitrogen and oxygen atoms in total. The van der Waals surface area contributed by atoms with E-state index in [0.29, 0.717) is 12.2 Å². The maximum absolute atomic E-state index is 10.3. The average molecular weight is 458 g/mol. The fourth-order valence-corrected chi connectivity index (χ4v) is 3.57. The molecular formula is C21H30O11. The first-order valence-electron chi connectivity index (χ1n) is 10.2. The number of aliphatic hydroxyl groups excluding tert-OH is 6. The van der Waals surface area contributed by atoms with Crippen LogP contribution in [0.3, 0.4) is 0 Å². The zero-order chi connectivity index (χ0) is 23.4. The van der Waals surface area contributed by atoms with Gasteiger partial charge in [0.2, 0.25) is 6.29 Å². The van der Waals surface area contributed by atoms with Crippen LogP contribution in [0.15, 0.2) is 30.9 Å². The van der Waals surface area contributed by atoms with Crippen LogP contribution in [0.2, 0.25) is 0 Å². The number of rotatable bonds is 9. The molecule has 1 aromatic rings. The molecule has 6 N–H and O–H groups in total. The highest BCUT2D eigenvalue weighted by Crippen LogP contribution is 2.32. The van der Waals surface area contributed by atoms with Gasteiger partial charge in [-0.3, -0.25) is 0 Å². The smallest absolute Gasteiger partial charge is 0.229 e. The molecule has 11 heteroatoms. The topological polar surface area (TPSA) is 168 Å². The summed E-state index contributed by atoms with van der Waals surface area (Å²) in [6, 6.07) is 5.14. The largest absolute Gasteiger partial charge is 0.493 e. The van der Waals surface area contributed by atoms with Crippen LogP contribution in [0, 0.1) is 0 Å². The molecule has 0 aromatic heterocycles. The third-order valence-corrected chi connectivity index (χ3v) is 5.44. The van der Waals surface area contributed by atoms with Gasteiger partial charge in [-0.05, 0) is 24.1 Å². The molecule has 3 rings (SSSR count). The van der Waals surface area contributed by atoms with Gasteiger partial charge in [-0.2, -0.15) is 0 Å². The number of aliphatic hydroxyl groups is 6. The van der Waals surface area contributed by atoms with Gasteiger partial charge >= 0.3 is 0 Å². The molecule has 2 aliphatic rings. The van der Waals surface area contributed by atoms with Gasteiger partial charge in [-0.15, -0.1) is 6.58 Å². The summed E-state index contributed by atoms with van der Waals surface area (Å²) in [6.07, 6.45) is -9.97. The van der Waals surface area contributed by atoms with Gasteiger partial charge in [0.05, 0.1) is 20.3 Å². The van der Waals surface area contributed by atoms with Crippen molar-refractivity contribution in [3.63, 3.8) is 0 Å². The lowest BCUT2D eigenvalue weighted by atomic mass is 9.99. The molecule has 2 fully saturated rings. The zero-order valence-corrected chi connectivity index (χ0v) is 17.6. The maximum atomic E-state index is 10.3. The molecular weight excluding hydrogens is 428 g/mol. The molecule has 0 saturated carbocycles. The van der Waals surface area contributed by atoms with Gasteiger partial charge < -0.3 is 54.3 Å². The number of methoxy groups -OCH3 is 1. The highest BCUT2D eigenvalue weighted by Gasteiger charge is 2.47. The summed E-state index contributed by atoms with van der Waals surface area (Å²) >= 11 is 0. The van der Waals surface area contributed by atoms with E-state index >= 15 is 0 Å². The van der Waals surface area contributed by atoms with Gasteiger partial charge in [-0.1, -0.05) is 12.1 Å². The molecule has 0 unspecified atom stereocenters. The Morgan fingerprint density at radius 3 is 2.19 bits per heavy atom. The predicted octanol–water partition coefficient (Wildman–Crippen LogP) is -1.93. The average Bonchev–Trinajstić information content (AvgIpc) is 3.07. The van der Waals surface area contributed by atoms with E-state index < -0.39 is 61.9 Å². The van der Waals surface area contributed by atoms with E-state index in [-0.39, 0.29) is 12.4 Å². The van der Waals surface area contributed by atoms with Crippen molar-refractivity contribution in [3.8, 4) is 11.5 Å². The molecule has 180 valence electrons. The number of hydrogen-bond acceptors (Lipinski definition) is 11. The monoisotopic (exact) mass is 458 g/mol. The Kier molecular flexibility index (Phi) is 8.44. The Hall–Kier alpha value is -1.80. The third-order valence-electron chi connectivity index (χ3n) is 5.44. The van der Waals surface area contributed by atoms with Crippen molar-refractivity contribution < 1.29 is 54.3 Å². The SMILES string of the molecule is C=CCc1ccc(O[C@@H]2O[C@H](CO[C@@H]3O[C@@H](CO)[C@H](O)[C@H]3O)[C@@H](O)[C@H](O)[C@H]2O)c(OC)c1. The molecule has 0 amide bonds. The van der Waals surface area contributed by atoms with Crippen molar-refractivity contribution in [1.82, 2.24) is 0 Å². The molecule has 0 spiro atoms. The van der Waals surface area contributed by atoms with Crippen molar-refractivity contribution >= 4 is 0 Å². The molecule has 9 atom stereocenters. The van der Waals surface area contributed by atoms with Crippen molar-refractivity contribution in [2.75, 3.05) is 20.3 Å². The predicted molar refractivity (Wildman–Crippen MR) is 108 cm³/mol. The molecule has 1 aromatic carbocycles. The first kappa shape index (κ1) is 24.8. The van der Waals surface area contributed by atoms with E-state index in [0.717, 1.165) is 5.56 Å². The Balaban J connectivity index is 1.67. The van der Waals surface area contributed by atoms with E-state index in [4.69, 9.17) is 28.8 Å². The second kappa shape index (κ2) is 10.9. The van der Waals surface area contributed by atoms with E-state index in [9.17, 15) is 25.5 Å².